The summed E-state index contributed by atoms with van der Waals surface area (Å²) in [5, 5.41) is 3.61. The van der Waals surface area contributed by atoms with Gasteiger partial charge in [-0.05, 0) is 57.9 Å². The van der Waals surface area contributed by atoms with E-state index in [1.54, 1.807) is 24.0 Å². The molecule has 2 aromatic carbocycles. The van der Waals surface area contributed by atoms with Gasteiger partial charge in [0.15, 0.2) is 0 Å². The summed E-state index contributed by atoms with van der Waals surface area (Å²) in [6.07, 6.45) is 0.251. The van der Waals surface area contributed by atoms with E-state index in [0.29, 0.717) is 11.6 Å². The maximum absolute atomic E-state index is 13.1. The van der Waals surface area contributed by atoms with Crippen LogP contribution >= 0.6 is 11.6 Å². The number of amides is 2. The van der Waals surface area contributed by atoms with Gasteiger partial charge < -0.3 is 10.2 Å². The van der Waals surface area contributed by atoms with Crippen molar-refractivity contribution in [1.82, 2.24) is 10.2 Å². The van der Waals surface area contributed by atoms with Crippen LogP contribution in [0.5, 0.6) is 0 Å². The molecule has 2 amide bonds. The van der Waals surface area contributed by atoms with Gasteiger partial charge in [0, 0.05) is 17.1 Å². The monoisotopic (exact) mass is 400 g/mol. The Hall–Kier alpha value is -2.33. The number of hydrogen-bond acceptors (Lipinski definition) is 2. The van der Waals surface area contributed by atoms with Crippen molar-refractivity contribution in [2.75, 3.05) is 0 Å². The van der Waals surface area contributed by atoms with Crippen LogP contribution in [0, 0.1) is 6.92 Å². The zero-order chi connectivity index (χ0) is 20.9. The van der Waals surface area contributed by atoms with E-state index < -0.39 is 6.04 Å². The number of halogens is 1. The lowest BCUT2D eigenvalue weighted by atomic mass is 10.1. The third kappa shape index (κ3) is 6.68. The maximum Gasteiger partial charge on any atom is 0.242 e. The Balaban J connectivity index is 2.23. The number of rotatable bonds is 6. The first-order chi connectivity index (χ1) is 13.0. The van der Waals surface area contributed by atoms with Crippen molar-refractivity contribution in [2.45, 2.75) is 59.2 Å². The van der Waals surface area contributed by atoms with E-state index in [1.165, 1.54) is 0 Å². The first-order valence-corrected chi connectivity index (χ1v) is 9.84. The van der Waals surface area contributed by atoms with Crippen LogP contribution in [0.15, 0.2) is 48.5 Å². The number of carbonyl (C=O) groups excluding carboxylic acids is 2. The predicted molar refractivity (Wildman–Crippen MR) is 114 cm³/mol. The highest BCUT2D eigenvalue weighted by Crippen LogP contribution is 2.16. The number of nitrogens with one attached hydrogen (secondary N) is 1. The second-order valence-electron chi connectivity index (χ2n) is 8.23. The summed E-state index contributed by atoms with van der Waals surface area (Å²) in [7, 11) is 0. The quantitative estimate of drug-likeness (QED) is 0.774. The summed E-state index contributed by atoms with van der Waals surface area (Å²) in [5.41, 5.74) is 2.64. The van der Waals surface area contributed by atoms with Crippen molar-refractivity contribution >= 4 is 23.4 Å². The second kappa shape index (κ2) is 9.24. The molecular weight excluding hydrogens is 372 g/mol. The number of carbonyl (C=O) groups is 2. The molecule has 0 aliphatic carbocycles. The van der Waals surface area contributed by atoms with Gasteiger partial charge in [-0.15, -0.1) is 0 Å². The fourth-order valence-corrected chi connectivity index (χ4v) is 2.95. The van der Waals surface area contributed by atoms with Gasteiger partial charge >= 0.3 is 0 Å². The Kier molecular flexibility index (Phi) is 7.25. The molecule has 2 aromatic rings. The van der Waals surface area contributed by atoms with Gasteiger partial charge in [0.25, 0.3) is 0 Å². The van der Waals surface area contributed by atoms with Crippen LogP contribution in [0.3, 0.4) is 0 Å². The fraction of sp³-hybridized carbons (Fsp3) is 0.391. The molecule has 0 radical (unpaired) electrons. The normalized spacial score (nSPS) is 12.4. The molecule has 5 heteroatoms. The van der Waals surface area contributed by atoms with E-state index in [0.717, 1.165) is 16.7 Å². The highest BCUT2D eigenvalue weighted by atomic mass is 35.5. The van der Waals surface area contributed by atoms with Crippen molar-refractivity contribution in [2.24, 2.45) is 0 Å². The number of benzene rings is 2. The molecule has 0 unspecified atom stereocenters. The average molecular weight is 401 g/mol. The first-order valence-electron chi connectivity index (χ1n) is 9.46. The second-order valence-corrected chi connectivity index (χ2v) is 8.66. The standard InChI is InChI=1S/C23H29ClN2O2/c1-16-6-8-18(9-7-16)14-21(27)26(15-19-10-12-20(24)13-11-19)17(2)22(28)25-23(3,4)5/h6-13,17H,14-15H2,1-5H3,(H,25,28)/t17-/m0/s1. The zero-order valence-corrected chi connectivity index (χ0v) is 18.0. The predicted octanol–water partition coefficient (Wildman–Crippen LogP) is 4.52. The Morgan fingerprint density at radius 2 is 1.54 bits per heavy atom. The third-order valence-electron chi connectivity index (χ3n) is 4.41. The minimum atomic E-state index is -0.590. The van der Waals surface area contributed by atoms with Gasteiger partial charge in [0.05, 0.1) is 6.42 Å². The van der Waals surface area contributed by atoms with Gasteiger partial charge in [-0.25, -0.2) is 0 Å². The van der Waals surface area contributed by atoms with Gasteiger partial charge in [-0.2, -0.15) is 0 Å². The zero-order valence-electron chi connectivity index (χ0n) is 17.3. The molecule has 28 heavy (non-hydrogen) atoms. The molecule has 0 saturated heterocycles. The van der Waals surface area contributed by atoms with Crippen molar-refractivity contribution in [3.8, 4) is 0 Å². The molecule has 4 nitrogen and oxygen atoms in total. The molecule has 1 N–H and O–H groups in total. The smallest absolute Gasteiger partial charge is 0.242 e. The summed E-state index contributed by atoms with van der Waals surface area (Å²) in [4.78, 5) is 27.4. The SMILES string of the molecule is Cc1ccc(CC(=O)N(Cc2ccc(Cl)cc2)[C@@H](C)C(=O)NC(C)(C)C)cc1. The lowest BCUT2D eigenvalue weighted by molar-refractivity contribution is -0.140. The van der Waals surface area contributed by atoms with Gasteiger partial charge in [-0.3, -0.25) is 9.59 Å². The van der Waals surface area contributed by atoms with Crippen LogP contribution in [0.25, 0.3) is 0 Å². The van der Waals surface area contributed by atoms with Crippen LogP contribution in [0.1, 0.15) is 44.4 Å². The number of nitrogens with zero attached hydrogens (tertiary/aromatic N) is 1. The molecule has 0 fully saturated rings. The van der Waals surface area contributed by atoms with E-state index in [1.807, 2.05) is 64.1 Å². The van der Waals surface area contributed by atoms with Crippen molar-refractivity contribution in [3.05, 3.63) is 70.2 Å². The van der Waals surface area contributed by atoms with E-state index in [4.69, 9.17) is 11.6 Å². The Bertz CT molecular complexity index is 808. The Labute approximate surface area is 172 Å². The van der Waals surface area contributed by atoms with Crippen LogP contribution in [0.4, 0.5) is 0 Å². The van der Waals surface area contributed by atoms with Crippen molar-refractivity contribution in [3.63, 3.8) is 0 Å². The summed E-state index contributed by atoms with van der Waals surface area (Å²) in [5.74, 6) is -0.255. The van der Waals surface area contributed by atoms with Gasteiger partial charge in [0.2, 0.25) is 11.8 Å². The maximum atomic E-state index is 13.1. The summed E-state index contributed by atoms with van der Waals surface area (Å²) in [6.45, 7) is 9.90. The average Bonchev–Trinajstić information content (AvgIpc) is 2.61. The lowest BCUT2D eigenvalue weighted by Gasteiger charge is -2.31. The van der Waals surface area contributed by atoms with Gasteiger partial charge in [-0.1, -0.05) is 53.6 Å². The molecule has 0 bridgehead atoms. The van der Waals surface area contributed by atoms with Crippen LogP contribution in [-0.2, 0) is 22.6 Å². The molecule has 0 aliphatic heterocycles. The molecule has 150 valence electrons. The van der Waals surface area contributed by atoms with E-state index in [2.05, 4.69) is 5.32 Å². The van der Waals surface area contributed by atoms with E-state index in [-0.39, 0.29) is 23.8 Å². The van der Waals surface area contributed by atoms with Gasteiger partial charge in [0.1, 0.15) is 6.04 Å². The van der Waals surface area contributed by atoms with Crippen molar-refractivity contribution in [1.29, 1.82) is 0 Å². The summed E-state index contributed by atoms with van der Waals surface area (Å²) < 4.78 is 0. The highest BCUT2D eigenvalue weighted by Gasteiger charge is 2.28. The molecule has 1 atom stereocenters. The third-order valence-corrected chi connectivity index (χ3v) is 4.66. The molecule has 0 saturated carbocycles. The molecular formula is C23H29ClN2O2. The molecule has 0 spiro atoms. The van der Waals surface area contributed by atoms with Crippen LogP contribution in [0.2, 0.25) is 5.02 Å². The molecule has 2 rings (SSSR count). The van der Waals surface area contributed by atoms with Crippen LogP contribution < -0.4 is 5.32 Å². The summed E-state index contributed by atoms with van der Waals surface area (Å²) >= 11 is 5.97. The van der Waals surface area contributed by atoms with Crippen molar-refractivity contribution < 1.29 is 9.59 Å². The molecule has 0 aromatic heterocycles. The minimum Gasteiger partial charge on any atom is -0.350 e. The van der Waals surface area contributed by atoms with E-state index in [9.17, 15) is 9.59 Å². The summed E-state index contributed by atoms with van der Waals surface area (Å²) in [6, 6.07) is 14.6. The number of aryl methyl sites for hydroxylation is 1. The topological polar surface area (TPSA) is 49.4 Å². The molecule has 0 heterocycles. The van der Waals surface area contributed by atoms with E-state index >= 15 is 0 Å². The first kappa shape index (κ1) is 22.0. The largest absolute Gasteiger partial charge is 0.350 e. The molecule has 0 aliphatic rings. The minimum absolute atomic E-state index is 0.0876. The highest BCUT2D eigenvalue weighted by molar-refractivity contribution is 6.30. The Morgan fingerprint density at radius 3 is 2.07 bits per heavy atom. The fourth-order valence-electron chi connectivity index (χ4n) is 2.83. The van der Waals surface area contributed by atoms with Crippen LogP contribution in [-0.4, -0.2) is 28.3 Å². The number of hydrogen-bond donors (Lipinski definition) is 1. The Morgan fingerprint density at radius 1 is 1.00 bits per heavy atom. The lowest BCUT2D eigenvalue weighted by Crippen LogP contribution is -2.52.